The third kappa shape index (κ3) is 4.24. The summed E-state index contributed by atoms with van der Waals surface area (Å²) in [5.74, 6) is -0.0932. The summed E-state index contributed by atoms with van der Waals surface area (Å²) in [6.45, 7) is 2.15. The number of aromatic amines is 1. The van der Waals surface area contributed by atoms with Crippen molar-refractivity contribution in [3.63, 3.8) is 0 Å². The van der Waals surface area contributed by atoms with Crippen LogP contribution in [-0.4, -0.2) is 19.1 Å². The van der Waals surface area contributed by atoms with Crippen LogP contribution < -0.4 is 10.4 Å². The van der Waals surface area contributed by atoms with Gasteiger partial charge in [0, 0.05) is 27.7 Å². The van der Waals surface area contributed by atoms with E-state index in [-0.39, 0.29) is 5.78 Å². The largest absolute Gasteiger partial charge is 0.394 e. The van der Waals surface area contributed by atoms with E-state index in [4.69, 9.17) is 16.0 Å². The van der Waals surface area contributed by atoms with Crippen LogP contribution in [0.2, 0.25) is 11.6 Å². The Morgan fingerprint density at radius 3 is 1.97 bits per heavy atom. The van der Waals surface area contributed by atoms with E-state index >= 15 is 0 Å². The Morgan fingerprint density at radius 1 is 0.824 bits per heavy atom. The normalized spacial score (nSPS) is 12.5. The maximum absolute atomic E-state index is 14.0. The molecule has 3 nitrogen and oxygen atoms in total. The van der Waals surface area contributed by atoms with Gasteiger partial charge in [-0.3, -0.25) is 4.79 Å². The van der Waals surface area contributed by atoms with Gasteiger partial charge in [-0.2, -0.15) is 0 Å². The van der Waals surface area contributed by atoms with Gasteiger partial charge in [-0.1, -0.05) is 103 Å². The molecular weight excluding hydrogens is 458 g/mol. The second kappa shape index (κ2) is 9.43. The quantitative estimate of drug-likeness (QED) is 0.224. The SMILES string of the molecule is C[Si](O[C@H](C(=O)c1ccccc1)c1cc(Cl)cc2cc[nH]c12)(c1ccccc1)c1ccccc1. The molecule has 1 atom stereocenters. The van der Waals surface area contributed by atoms with Crippen molar-refractivity contribution in [3.05, 3.63) is 132 Å². The van der Waals surface area contributed by atoms with Crippen molar-refractivity contribution in [1.82, 2.24) is 4.98 Å². The van der Waals surface area contributed by atoms with Crippen LogP contribution in [0.4, 0.5) is 0 Å². The lowest BCUT2D eigenvalue weighted by atomic mass is 9.98. The first kappa shape index (κ1) is 22.4. The van der Waals surface area contributed by atoms with Gasteiger partial charge in [0.15, 0.2) is 5.78 Å². The summed E-state index contributed by atoms with van der Waals surface area (Å²) in [4.78, 5) is 17.3. The van der Waals surface area contributed by atoms with Crippen molar-refractivity contribution in [1.29, 1.82) is 0 Å². The molecule has 0 radical (unpaired) electrons. The van der Waals surface area contributed by atoms with Crippen LogP contribution in [0.1, 0.15) is 22.0 Å². The number of halogens is 1. The summed E-state index contributed by atoms with van der Waals surface area (Å²) >= 11 is 6.51. The highest BCUT2D eigenvalue weighted by atomic mass is 35.5. The van der Waals surface area contributed by atoms with Crippen LogP contribution >= 0.6 is 11.6 Å². The Kier molecular flexibility index (Phi) is 6.20. The number of hydrogen-bond acceptors (Lipinski definition) is 2. The Hall–Kier alpha value is -3.44. The number of benzene rings is 4. The topological polar surface area (TPSA) is 42.1 Å². The van der Waals surface area contributed by atoms with E-state index in [1.807, 2.05) is 91.1 Å². The second-order valence-corrected chi connectivity index (χ2v) is 12.3. The summed E-state index contributed by atoms with van der Waals surface area (Å²) in [7, 11) is -2.81. The zero-order valence-corrected chi connectivity index (χ0v) is 20.5. The lowest BCUT2D eigenvalue weighted by molar-refractivity contribution is 0.0788. The van der Waals surface area contributed by atoms with Crippen LogP contribution in [0.25, 0.3) is 10.9 Å². The van der Waals surface area contributed by atoms with Gasteiger partial charge in [0.2, 0.25) is 0 Å². The summed E-state index contributed by atoms with van der Waals surface area (Å²) in [5, 5.41) is 3.70. The molecule has 0 fully saturated rings. The number of rotatable bonds is 7. The van der Waals surface area contributed by atoms with Crippen LogP contribution in [-0.2, 0) is 4.43 Å². The molecule has 0 aliphatic heterocycles. The maximum Gasteiger partial charge on any atom is 0.254 e. The molecule has 5 aromatic rings. The number of H-pyrrole nitrogens is 1. The molecule has 0 saturated carbocycles. The number of carbonyl (C=O) groups excluding carboxylic acids is 1. The molecule has 5 heteroatoms. The molecule has 1 heterocycles. The summed E-state index contributed by atoms with van der Waals surface area (Å²) in [5.41, 5.74) is 2.20. The van der Waals surface area contributed by atoms with Crippen LogP contribution in [0.15, 0.2) is 115 Å². The first-order valence-electron chi connectivity index (χ1n) is 11.2. The Labute approximate surface area is 205 Å². The number of fused-ring (bicyclic) bond motifs is 1. The molecule has 1 aromatic heterocycles. The maximum atomic E-state index is 14.0. The van der Waals surface area contributed by atoms with Gasteiger partial charge in [0.1, 0.15) is 6.10 Å². The van der Waals surface area contributed by atoms with Gasteiger partial charge in [-0.15, -0.1) is 0 Å². The predicted octanol–water partition coefficient (Wildman–Crippen LogP) is 6.15. The first-order chi connectivity index (χ1) is 16.6. The number of Topliss-reactive ketones (excluding diaryl/α,β-unsaturated/α-hetero) is 1. The summed E-state index contributed by atoms with van der Waals surface area (Å²) in [6, 6.07) is 35.4. The van der Waals surface area contributed by atoms with E-state index in [1.54, 1.807) is 0 Å². The van der Waals surface area contributed by atoms with Crippen LogP contribution in [0.5, 0.6) is 0 Å². The monoisotopic (exact) mass is 481 g/mol. The fraction of sp³-hybridized carbons (Fsp3) is 0.0690. The van der Waals surface area contributed by atoms with E-state index in [1.165, 1.54) is 0 Å². The fourth-order valence-electron chi connectivity index (χ4n) is 4.43. The third-order valence-corrected chi connectivity index (χ3v) is 10.0. The molecule has 0 unspecified atom stereocenters. The lowest BCUT2D eigenvalue weighted by Crippen LogP contribution is -2.59. The van der Waals surface area contributed by atoms with Crippen molar-refractivity contribution in [2.45, 2.75) is 12.7 Å². The average molecular weight is 482 g/mol. The van der Waals surface area contributed by atoms with Gasteiger partial charge >= 0.3 is 0 Å². The van der Waals surface area contributed by atoms with Crippen LogP contribution in [0.3, 0.4) is 0 Å². The number of carbonyl (C=O) groups is 1. The van der Waals surface area contributed by atoms with Gasteiger partial charge in [-0.25, -0.2) is 0 Å². The Morgan fingerprint density at radius 2 is 1.38 bits per heavy atom. The predicted molar refractivity (Wildman–Crippen MR) is 142 cm³/mol. The van der Waals surface area contributed by atoms with Crippen molar-refractivity contribution in [3.8, 4) is 0 Å². The highest BCUT2D eigenvalue weighted by Gasteiger charge is 2.40. The Balaban J connectivity index is 1.71. The van der Waals surface area contributed by atoms with Crippen molar-refractivity contribution >= 4 is 47.0 Å². The number of hydrogen-bond donors (Lipinski definition) is 1. The van der Waals surface area contributed by atoms with Crippen molar-refractivity contribution in [2.75, 3.05) is 0 Å². The first-order valence-corrected chi connectivity index (χ1v) is 14.0. The number of ketones is 1. The highest BCUT2D eigenvalue weighted by Crippen LogP contribution is 2.33. The molecule has 4 aromatic carbocycles. The van der Waals surface area contributed by atoms with E-state index in [9.17, 15) is 4.79 Å². The van der Waals surface area contributed by atoms with E-state index in [0.717, 1.165) is 26.8 Å². The molecule has 0 spiro atoms. The molecular formula is C29H24ClNO2Si. The molecule has 34 heavy (non-hydrogen) atoms. The molecule has 0 aliphatic rings. The fourth-order valence-corrected chi connectivity index (χ4v) is 7.64. The smallest absolute Gasteiger partial charge is 0.254 e. The lowest BCUT2D eigenvalue weighted by Gasteiger charge is -2.33. The molecule has 0 saturated heterocycles. The number of nitrogens with one attached hydrogen (secondary N) is 1. The molecule has 1 N–H and O–H groups in total. The summed E-state index contributed by atoms with van der Waals surface area (Å²) < 4.78 is 7.06. The molecule has 5 rings (SSSR count). The van der Waals surface area contributed by atoms with Gasteiger partial charge in [0.25, 0.3) is 8.32 Å². The van der Waals surface area contributed by atoms with E-state index < -0.39 is 14.4 Å². The molecule has 0 amide bonds. The highest BCUT2D eigenvalue weighted by molar-refractivity contribution is 6.96. The molecule has 0 aliphatic carbocycles. The minimum atomic E-state index is -2.81. The molecule has 0 bridgehead atoms. The van der Waals surface area contributed by atoms with Gasteiger partial charge < -0.3 is 9.41 Å². The minimum absolute atomic E-state index is 0.0932. The summed E-state index contributed by atoms with van der Waals surface area (Å²) in [6.07, 6.45) is 1.03. The zero-order chi connectivity index (χ0) is 23.5. The van der Waals surface area contributed by atoms with Crippen molar-refractivity contribution in [2.24, 2.45) is 0 Å². The van der Waals surface area contributed by atoms with E-state index in [0.29, 0.717) is 10.6 Å². The van der Waals surface area contributed by atoms with E-state index in [2.05, 4.69) is 35.8 Å². The zero-order valence-electron chi connectivity index (χ0n) is 18.7. The van der Waals surface area contributed by atoms with Gasteiger partial charge in [0.05, 0.1) is 5.52 Å². The number of aromatic nitrogens is 1. The van der Waals surface area contributed by atoms with Crippen molar-refractivity contribution < 1.29 is 9.22 Å². The van der Waals surface area contributed by atoms with Gasteiger partial charge in [-0.05, 0) is 35.1 Å². The minimum Gasteiger partial charge on any atom is -0.394 e. The molecule has 168 valence electrons. The van der Waals surface area contributed by atoms with Crippen LogP contribution in [0, 0.1) is 0 Å². The standard InChI is InChI=1S/C29H24ClNO2Si/c1-34(24-13-7-3-8-14-24,25-15-9-4-10-16-25)33-29(28(32)21-11-5-2-6-12-21)26-20-23(30)19-22-17-18-31-27(22)26/h2-20,29,31H,1H3/t29-/m0/s1. The average Bonchev–Trinajstić information content (AvgIpc) is 3.36. The third-order valence-electron chi connectivity index (χ3n) is 6.24. The second-order valence-electron chi connectivity index (χ2n) is 8.43. The Bertz CT molecular complexity index is 1380.